The van der Waals surface area contributed by atoms with Crippen LogP contribution in [0.25, 0.3) is 0 Å². The molecule has 0 unspecified atom stereocenters. The zero-order chi connectivity index (χ0) is 19.5. The first kappa shape index (κ1) is 23.7. The van der Waals surface area contributed by atoms with Crippen LogP contribution in [0.2, 0.25) is 0 Å². The Kier molecular flexibility index (Phi) is 10.9. The smallest absolute Gasteiger partial charge is 0.252 e. The minimum atomic E-state index is -0.138. The summed E-state index contributed by atoms with van der Waals surface area (Å²) >= 11 is 0. The molecule has 1 amide bonds. The number of nitrogens with one attached hydrogen (secondary N) is 3. The summed E-state index contributed by atoms with van der Waals surface area (Å²) in [5.41, 5.74) is 2.87. The third-order valence-electron chi connectivity index (χ3n) is 4.03. The lowest BCUT2D eigenvalue weighted by atomic mass is 10.1. The molecule has 152 valence electrons. The molecule has 1 aromatic heterocycles. The lowest BCUT2D eigenvalue weighted by molar-refractivity contribution is 0.0954. The number of methoxy groups -OCH3 is 1. The summed E-state index contributed by atoms with van der Waals surface area (Å²) in [6.45, 7) is 3.83. The van der Waals surface area contributed by atoms with E-state index in [1.165, 1.54) is 5.56 Å². The normalized spacial score (nSPS) is 10.6. The Balaban J connectivity index is 0.00000392. The molecular formula is C20H28IN5O2. The zero-order valence-electron chi connectivity index (χ0n) is 16.5. The molecule has 0 aliphatic carbocycles. The molecule has 3 N–H and O–H groups in total. The van der Waals surface area contributed by atoms with Crippen LogP contribution in [0.15, 0.2) is 47.7 Å². The summed E-state index contributed by atoms with van der Waals surface area (Å²) in [5, 5.41) is 9.28. The van der Waals surface area contributed by atoms with Crippen LogP contribution in [0.5, 0.6) is 5.75 Å². The van der Waals surface area contributed by atoms with Crippen molar-refractivity contribution in [2.45, 2.75) is 13.3 Å². The van der Waals surface area contributed by atoms with Crippen molar-refractivity contribution in [1.82, 2.24) is 20.9 Å². The molecule has 0 spiro atoms. The monoisotopic (exact) mass is 497 g/mol. The first-order valence-corrected chi connectivity index (χ1v) is 8.90. The van der Waals surface area contributed by atoms with E-state index in [-0.39, 0.29) is 29.9 Å². The standard InChI is InChI=1S/C20H27N5O2.HI/c1-15-6-7-16(13-18(15)27-3)8-10-24-20(21-2)25-12-11-23-19(26)17-5-4-9-22-14-17;/h4-7,9,13-14H,8,10-12H2,1-3H3,(H,23,26)(H2,21,24,25);1H. The Morgan fingerprint density at radius 1 is 1.14 bits per heavy atom. The number of carbonyl (C=O) groups excluding carboxylic acids is 1. The van der Waals surface area contributed by atoms with Gasteiger partial charge in [0.2, 0.25) is 0 Å². The molecule has 0 aliphatic heterocycles. The SMILES string of the molecule is CN=C(NCCNC(=O)c1cccnc1)NCCc1ccc(C)c(OC)c1.I. The highest BCUT2D eigenvalue weighted by Gasteiger charge is 2.04. The van der Waals surface area contributed by atoms with Gasteiger partial charge in [-0.15, -0.1) is 24.0 Å². The van der Waals surface area contributed by atoms with Crippen LogP contribution in [0, 0.1) is 6.92 Å². The zero-order valence-corrected chi connectivity index (χ0v) is 18.8. The van der Waals surface area contributed by atoms with Gasteiger partial charge in [-0.3, -0.25) is 14.8 Å². The van der Waals surface area contributed by atoms with Crippen molar-refractivity contribution in [3.05, 3.63) is 59.4 Å². The molecule has 0 saturated heterocycles. The second-order valence-electron chi connectivity index (χ2n) is 5.98. The van der Waals surface area contributed by atoms with Crippen LogP contribution in [0.1, 0.15) is 21.5 Å². The molecule has 0 atom stereocenters. The largest absolute Gasteiger partial charge is 0.496 e. The van der Waals surface area contributed by atoms with Crippen molar-refractivity contribution >= 4 is 35.8 Å². The maximum Gasteiger partial charge on any atom is 0.252 e. The molecule has 0 radical (unpaired) electrons. The van der Waals surface area contributed by atoms with Gasteiger partial charge >= 0.3 is 0 Å². The molecule has 0 fully saturated rings. The van der Waals surface area contributed by atoms with E-state index in [0.717, 1.165) is 24.3 Å². The lowest BCUT2D eigenvalue weighted by Crippen LogP contribution is -2.42. The fourth-order valence-electron chi connectivity index (χ4n) is 2.52. The molecule has 0 bridgehead atoms. The molecule has 1 heterocycles. The molecule has 2 aromatic rings. The van der Waals surface area contributed by atoms with E-state index in [2.05, 4.69) is 44.1 Å². The predicted octanol–water partition coefficient (Wildman–Crippen LogP) is 2.15. The number of amides is 1. The van der Waals surface area contributed by atoms with Gasteiger partial charge in [-0.2, -0.15) is 0 Å². The quantitative estimate of drug-likeness (QED) is 0.225. The number of guanidine groups is 1. The van der Waals surface area contributed by atoms with Gasteiger partial charge in [-0.1, -0.05) is 12.1 Å². The maximum atomic E-state index is 11.9. The van der Waals surface area contributed by atoms with Crippen molar-refractivity contribution in [3.8, 4) is 5.75 Å². The number of rotatable bonds is 8. The van der Waals surface area contributed by atoms with Crippen molar-refractivity contribution in [1.29, 1.82) is 0 Å². The highest BCUT2D eigenvalue weighted by Crippen LogP contribution is 2.18. The summed E-state index contributed by atoms with van der Waals surface area (Å²) in [5.74, 6) is 1.46. The summed E-state index contributed by atoms with van der Waals surface area (Å²) in [6.07, 6.45) is 4.04. The van der Waals surface area contributed by atoms with Crippen LogP contribution in [0.3, 0.4) is 0 Å². The topological polar surface area (TPSA) is 87.6 Å². The van der Waals surface area contributed by atoms with Crippen LogP contribution < -0.4 is 20.7 Å². The van der Waals surface area contributed by atoms with Crippen LogP contribution in [-0.2, 0) is 6.42 Å². The third-order valence-corrected chi connectivity index (χ3v) is 4.03. The number of hydrogen-bond donors (Lipinski definition) is 3. The third kappa shape index (κ3) is 7.71. The average molecular weight is 497 g/mol. The molecule has 0 aliphatic rings. The Labute approximate surface area is 183 Å². The van der Waals surface area contributed by atoms with E-state index < -0.39 is 0 Å². The first-order chi connectivity index (χ1) is 13.1. The Hall–Kier alpha value is -2.36. The number of hydrogen-bond acceptors (Lipinski definition) is 4. The summed E-state index contributed by atoms with van der Waals surface area (Å²) in [7, 11) is 3.40. The van der Waals surface area contributed by atoms with E-state index in [9.17, 15) is 4.79 Å². The highest BCUT2D eigenvalue weighted by molar-refractivity contribution is 14.0. The van der Waals surface area contributed by atoms with E-state index >= 15 is 0 Å². The number of halogens is 1. The fraction of sp³-hybridized carbons (Fsp3) is 0.350. The first-order valence-electron chi connectivity index (χ1n) is 8.90. The van der Waals surface area contributed by atoms with Crippen molar-refractivity contribution in [2.24, 2.45) is 4.99 Å². The van der Waals surface area contributed by atoms with Gasteiger partial charge in [-0.05, 0) is 42.7 Å². The number of aliphatic imine (C=N–C) groups is 1. The number of aromatic nitrogens is 1. The van der Waals surface area contributed by atoms with Gasteiger partial charge in [0.1, 0.15) is 5.75 Å². The molecular weight excluding hydrogens is 469 g/mol. The molecule has 2 rings (SSSR count). The van der Waals surface area contributed by atoms with Crippen molar-refractivity contribution < 1.29 is 9.53 Å². The summed E-state index contributed by atoms with van der Waals surface area (Å²) < 4.78 is 5.36. The van der Waals surface area contributed by atoms with E-state index in [4.69, 9.17) is 4.74 Å². The molecule has 8 heteroatoms. The number of ether oxygens (including phenoxy) is 1. The van der Waals surface area contributed by atoms with Crippen LogP contribution >= 0.6 is 24.0 Å². The highest BCUT2D eigenvalue weighted by atomic mass is 127. The second-order valence-corrected chi connectivity index (χ2v) is 5.98. The van der Waals surface area contributed by atoms with E-state index in [1.807, 2.05) is 6.92 Å². The summed E-state index contributed by atoms with van der Waals surface area (Å²) in [6, 6.07) is 9.69. The number of nitrogens with zero attached hydrogens (tertiary/aromatic N) is 2. The van der Waals surface area contributed by atoms with Gasteiger partial charge in [-0.25, -0.2) is 0 Å². The van der Waals surface area contributed by atoms with Crippen molar-refractivity contribution in [3.63, 3.8) is 0 Å². The average Bonchev–Trinajstić information content (AvgIpc) is 2.71. The maximum absolute atomic E-state index is 11.9. The Bertz CT molecular complexity index is 768. The van der Waals surface area contributed by atoms with Crippen LogP contribution in [-0.4, -0.2) is 50.6 Å². The molecule has 0 saturated carbocycles. The molecule has 1 aromatic carbocycles. The summed E-state index contributed by atoms with van der Waals surface area (Å²) in [4.78, 5) is 20.1. The minimum Gasteiger partial charge on any atom is -0.496 e. The number of benzene rings is 1. The fourth-order valence-corrected chi connectivity index (χ4v) is 2.52. The van der Waals surface area contributed by atoms with Crippen LogP contribution in [0.4, 0.5) is 0 Å². The van der Waals surface area contributed by atoms with Gasteiger partial charge in [0.25, 0.3) is 5.91 Å². The lowest BCUT2D eigenvalue weighted by Gasteiger charge is -2.13. The van der Waals surface area contributed by atoms with Gasteiger partial charge in [0.15, 0.2) is 5.96 Å². The van der Waals surface area contributed by atoms with Gasteiger partial charge in [0, 0.05) is 39.1 Å². The Morgan fingerprint density at radius 2 is 1.89 bits per heavy atom. The number of aryl methyl sites for hydroxylation is 1. The second kappa shape index (κ2) is 12.9. The van der Waals surface area contributed by atoms with E-state index in [1.54, 1.807) is 38.7 Å². The van der Waals surface area contributed by atoms with E-state index in [0.29, 0.717) is 24.6 Å². The minimum absolute atomic E-state index is 0. The van der Waals surface area contributed by atoms with Gasteiger partial charge in [0.05, 0.1) is 12.7 Å². The number of pyridine rings is 1. The Morgan fingerprint density at radius 3 is 2.57 bits per heavy atom. The van der Waals surface area contributed by atoms with Crippen molar-refractivity contribution in [2.75, 3.05) is 33.8 Å². The molecule has 28 heavy (non-hydrogen) atoms. The van der Waals surface area contributed by atoms with Gasteiger partial charge < -0.3 is 20.7 Å². The number of carbonyl (C=O) groups is 1. The predicted molar refractivity (Wildman–Crippen MR) is 123 cm³/mol. The molecule has 7 nitrogen and oxygen atoms in total.